The Bertz CT molecular complexity index is 670. The molecule has 0 aliphatic carbocycles. The summed E-state index contributed by atoms with van der Waals surface area (Å²) in [5.74, 6) is -0.254. The number of nitrogens with zero attached hydrogens (tertiary/aromatic N) is 2. The lowest BCUT2D eigenvalue weighted by molar-refractivity contribution is 0.0355. The molecule has 1 aliphatic rings. The first-order valence-electron chi connectivity index (χ1n) is 9.58. The second kappa shape index (κ2) is 8.15. The summed E-state index contributed by atoms with van der Waals surface area (Å²) in [6, 6.07) is 5.12. The Morgan fingerprint density at radius 2 is 2.00 bits per heavy atom. The van der Waals surface area contributed by atoms with Crippen LogP contribution in [0, 0.1) is 5.82 Å². The minimum atomic E-state index is -0.515. The number of halogens is 1. The standard InChI is InChI=1S/C21H34FN3O2/c1-15(27-19(26)23-20(2,3)4)16-8-9-17(18(22)12-16)13-25-11-10-24(7)21(5,6)14-25/h8-9,12,15H,10-11,13-14H2,1-7H3,(H,23,26). The van der Waals surface area contributed by atoms with Crippen molar-refractivity contribution in [1.82, 2.24) is 15.1 Å². The number of rotatable bonds is 4. The van der Waals surface area contributed by atoms with Crippen LogP contribution in [0.1, 0.15) is 58.8 Å². The smallest absolute Gasteiger partial charge is 0.408 e. The molecule has 0 radical (unpaired) electrons. The minimum Gasteiger partial charge on any atom is -0.442 e. The fourth-order valence-corrected chi connectivity index (χ4v) is 3.23. The van der Waals surface area contributed by atoms with Crippen LogP contribution in [0.25, 0.3) is 0 Å². The van der Waals surface area contributed by atoms with Gasteiger partial charge in [-0.05, 0) is 60.2 Å². The number of hydrogen-bond donors (Lipinski definition) is 1. The van der Waals surface area contributed by atoms with Gasteiger partial charge in [-0.15, -0.1) is 0 Å². The van der Waals surface area contributed by atoms with E-state index in [1.807, 2.05) is 26.8 Å². The number of hydrogen-bond acceptors (Lipinski definition) is 4. The number of benzene rings is 1. The Labute approximate surface area is 162 Å². The number of likely N-dealkylation sites (N-methyl/N-ethyl adjacent to an activating group) is 1. The number of ether oxygens (including phenoxy) is 1. The third-order valence-electron chi connectivity index (χ3n) is 5.10. The SMILES string of the molecule is CC(OC(=O)NC(C)(C)C)c1ccc(CN2CCN(C)C(C)(C)C2)c(F)c1. The highest BCUT2D eigenvalue weighted by Gasteiger charge is 2.31. The van der Waals surface area contributed by atoms with E-state index in [1.165, 1.54) is 6.07 Å². The Balaban J connectivity index is 2.00. The van der Waals surface area contributed by atoms with Crippen LogP contribution >= 0.6 is 0 Å². The average Bonchev–Trinajstić information content (AvgIpc) is 2.50. The van der Waals surface area contributed by atoms with Crippen LogP contribution < -0.4 is 5.32 Å². The van der Waals surface area contributed by atoms with Gasteiger partial charge < -0.3 is 10.1 Å². The summed E-state index contributed by atoms with van der Waals surface area (Å²) in [6.45, 7) is 15.2. The van der Waals surface area contributed by atoms with Crippen LogP contribution in [0.15, 0.2) is 18.2 Å². The Morgan fingerprint density at radius 1 is 1.33 bits per heavy atom. The molecule has 1 unspecified atom stereocenters. The largest absolute Gasteiger partial charge is 0.442 e. The second-order valence-electron chi connectivity index (χ2n) is 9.22. The number of carbonyl (C=O) groups excluding carboxylic acids is 1. The molecule has 0 saturated carbocycles. The van der Waals surface area contributed by atoms with E-state index < -0.39 is 12.2 Å². The molecule has 27 heavy (non-hydrogen) atoms. The van der Waals surface area contributed by atoms with Gasteiger partial charge in [-0.2, -0.15) is 0 Å². The van der Waals surface area contributed by atoms with Crippen LogP contribution in [-0.4, -0.2) is 53.7 Å². The molecule has 1 fully saturated rings. The first-order valence-corrected chi connectivity index (χ1v) is 9.58. The minimum absolute atomic E-state index is 0.0808. The molecule has 1 aliphatic heterocycles. The van der Waals surface area contributed by atoms with Crippen LogP contribution in [0.2, 0.25) is 0 Å². The first-order chi connectivity index (χ1) is 12.4. The zero-order valence-corrected chi connectivity index (χ0v) is 17.7. The predicted molar refractivity (Wildman–Crippen MR) is 106 cm³/mol. The summed E-state index contributed by atoms with van der Waals surface area (Å²) < 4.78 is 20.0. The number of alkyl carbamates (subject to hydrolysis) is 1. The molecule has 6 heteroatoms. The van der Waals surface area contributed by atoms with E-state index in [9.17, 15) is 9.18 Å². The molecule has 1 atom stereocenters. The van der Waals surface area contributed by atoms with E-state index in [2.05, 4.69) is 36.0 Å². The molecule has 1 heterocycles. The first kappa shape index (κ1) is 21.6. The highest BCUT2D eigenvalue weighted by Crippen LogP contribution is 2.24. The monoisotopic (exact) mass is 379 g/mol. The van der Waals surface area contributed by atoms with Crippen LogP contribution in [0.3, 0.4) is 0 Å². The second-order valence-corrected chi connectivity index (χ2v) is 9.22. The summed E-state index contributed by atoms with van der Waals surface area (Å²) >= 11 is 0. The van der Waals surface area contributed by atoms with Crippen molar-refractivity contribution in [1.29, 1.82) is 0 Å². The summed E-state index contributed by atoms with van der Waals surface area (Å²) in [5, 5.41) is 2.75. The van der Waals surface area contributed by atoms with E-state index >= 15 is 0 Å². The van der Waals surface area contributed by atoms with Gasteiger partial charge >= 0.3 is 6.09 Å². The summed E-state index contributed by atoms with van der Waals surface area (Å²) in [4.78, 5) is 16.5. The number of piperazine rings is 1. The molecule has 2 rings (SSSR count). The zero-order valence-electron chi connectivity index (χ0n) is 17.7. The van der Waals surface area contributed by atoms with Crippen molar-refractivity contribution in [2.75, 3.05) is 26.7 Å². The molecular formula is C21H34FN3O2. The summed E-state index contributed by atoms with van der Waals surface area (Å²) in [7, 11) is 2.13. The lowest BCUT2D eigenvalue weighted by atomic mass is 9.99. The molecule has 5 nitrogen and oxygen atoms in total. The highest BCUT2D eigenvalue weighted by atomic mass is 19.1. The van der Waals surface area contributed by atoms with Gasteiger partial charge in [0, 0.05) is 42.8 Å². The van der Waals surface area contributed by atoms with Crippen molar-refractivity contribution in [2.45, 2.75) is 65.3 Å². The van der Waals surface area contributed by atoms with E-state index in [4.69, 9.17) is 4.74 Å². The molecule has 0 aromatic heterocycles. The van der Waals surface area contributed by atoms with Crippen molar-refractivity contribution < 1.29 is 13.9 Å². The average molecular weight is 380 g/mol. The summed E-state index contributed by atoms with van der Waals surface area (Å²) in [6.07, 6.45) is -1.02. The van der Waals surface area contributed by atoms with Gasteiger partial charge in [0.05, 0.1) is 0 Å². The Kier molecular flexibility index (Phi) is 6.53. The normalized spacial score (nSPS) is 19.6. The fourth-order valence-electron chi connectivity index (χ4n) is 3.23. The quantitative estimate of drug-likeness (QED) is 0.861. The molecule has 1 aromatic rings. The van der Waals surface area contributed by atoms with E-state index in [1.54, 1.807) is 13.0 Å². The molecular weight excluding hydrogens is 345 g/mol. The van der Waals surface area contributed by atoms with E-state index in [0.717, 1.165) is 19.6 Å². The molecule has 0 bridgehead atoms. The van der Waals surface area contributed by atoms with Crippen molar-refractivity contribution in [2.24, 2.45) is 0 Å². The van der Waals surface area contributed by atoms with E-state index in [0.29, 0.717) is 17.7 Å². The van der Waals surface area contributed by atoms with Crippen molar-refractivity contribution in [3.63, 3.8) is 0 Å². The number of nitrogens with one attached hydrogen (secondary N) is 1. The molecule has 1 amide bonds. The van der Waals surface area contributed by atoms with Gasteiger partial charge in [0.15, 0.2) is 0 Å². The van der Waals surface area contributed by atoms with Crippen LogP contribution in [0.4, 0.5) is 9.18 Å². The van der Waals surface area contributed by atoms with Gasteiger partial charge in [-0.3, -0.25) is 9.80 Å². The highest BCUT2D eigenvalue weighted by molar-refractivity contribution is 5.68. The van der Waals surface area contributed by atoms with Crippen molar-refractivity contribution in [3.8, 4) is 0 Å². The third kappa shape index (κ3) is 6.18. The van der Waals surface area contributed by atoms with Crippen molar-refractivity contribution >= 4 is 6.09 Å². The van der Waals surface area contributed by atoms with Crippen molar-refractivity contribution in [3.05, 3.63) is 35.1 Å². The number of amides is 1. The fraction of sp³-hybridized carbons (Fsp3) is 0.667. The Morgan fingerprint density at radius 3 is 2.56 bits per heavy atom. The predicted octanol–water partition coefficient (Wildman–Crippen LogP) is 3.94. The molecule has 1 aromatic carbocycles. The maximum absolute atomic E-state index is 14.7. The van der Waals surface area contributed by atoms with Gasteiger partial charge in [-0.1, -0.05) is 12.1 Å². The van der Waals surface area contributed by atoms with Crippen LogP contribution in [0.5, 0.6) is 0 Å². The molecule has 152 valence electrons. The van der Waals surface area contributed by atoms with Gasteiger partial charge in [0.25, 0.3) is 0 Å². The molecule has 1 saturated heterocycles. The lowest BCUT2D eigenvalue weighted by Gasteiger charge is -2.45. The van der Waals surface area contributed by atoms with Crippen LogP contribution in [-0.2, 0) is 11.3 Å². The molecule has 1 N–H and O–H groups in total. The zero-order chi connectivity index (χ0) is 20.4. The van der Waals surface area contributed by atoms with E-state index in [-0.39, 0.29) is 16.9 Å². The molecule has 0 spiro atoms. The lowest BCUT2D eigenvalue weighted by Crippen LogP contribution is -2.57. The number of carbonyl (C=O) groups is 1. The van der Waals surface area contributed by atoms with Gasteiger partial charge in [0.1, 0.15) is 11.9 Å². The maximum atomic E-state index is 14.7. The Hall–Kier alpha value is -1.66. The maximum Gasteiger partial charge on any atom is 0.408 e. The topological polar surface area (TPSA) is 44.8 Å². The van der Waals surface area contributed by atoms with Gasteiger partial charge in [-0.25, -0.2) is 9.18 Å². The summed E-state index contributed by atoms with van der Waals surface area (Å²) in [5.41, 5.74) is 1.03. The third-order valence-corrected chi connectivity index (χ3v) is 5.10. The van der Waals surface area contributed by atoms with Gasteiger partial charge in [0.2, 0.25) is 0 Å².